The molecule has 5 heteroatoms. The Hall–Kier alpha value is -2.95. The Morgan fingerprint density at radius 2 is 1.91 bits per heavy atom. The summed E-state index contributed by atoms with van der Waals surface area (Å²) in [4.78, 5) is 16.1. The highest BCUT2D eigenvalue weighted by molar-refractivity contribution is 5.79. The first-order valence-electron chi connectivity index (χ1n) is 7.19. The summed E-state index contributed by atoms with van der Waals surface area (Å²) >= 11 is 0. The van der Waals surface area contributed by atoms with Gasteiger partial charge in [-0.05, 0) is 42.0 Å². The number of halogens is 1. The third-order valence-corrected chi connectivity index (χ3v) is 3.32. The first kappa shape index (κ1) is 15.0. The van der Waals surface area contributed by atoms with E-state index in [-0.39, 0.29) is 18.3 Å². The predicted octanol–water partition coefficient (Wildman–Crippen LogP) is 3.07. The maximum atomic E-state index is 12.8. The van der Waals surface area contributed by atoms with Gasteiger partial charge in [-0.3, -0.25) is 9.78 Å². The molecular weight excluding hydrogens is 295 g/mol. The fourth-order valence-electron chi connectivity index (χ4n) is 2.14. The predicted molar refractivity (Wildman–Crippen MR) is 85.5 cm³/mol. The highest BCUT2D eigenvalue weighted by Gasteiger charge is 2.04. The molecule has 0 saturated carbocycles. The van der Waals surface area contributed by atoms with Crippen LogP contribution in [0, 0.1) is 5.82 Å². The third kappa shape index (κ3) is 4.03. The molecule has 23 heavy (non-hydrogen) atoms. The molecule has 4 nitrogen and oxygen atoms in total. The van der Waals surface area contributed by atoms with Crippen molar-refractivity contribution in [3.8, 4) is 5.75 Å². The van der Waals surface area contributed by atoms with Gasteiger partial charge in [0.1, 0.15) is 11.6 Å². The molecule has 2 aromatic carbocycles. The number of carbonyl (C=O) groups is 1. The minimum atomic E-state index is -0.342. The molecule has 0 radical (unpaired) electrons. The number of benzene rings is 2. The molecule has 0 saturated heterocycles. The second-order valence-corrected chi connectivity index (χ2v) is 5.06. The zero-order valence-electron chi connectivity index (χ0n) is 12.3. The molecule has 3 rings (SSSR count). The van der Waals surface area contributed by atoms with Crippen LogP contribution in [0.3, 0.4) is 0 Å². The lowest BCUT2D eigenvalue weighted by molar-refractivity contribution is -0.123. The van der Waals surface area contributed by atoms with Crippen molar-refractivity contribution in [2.75, 3.05) is 6.61 Å². The molecule has 0 fully saturated rings. The van der Waals surface area contributed by atoms with E-state index >= 15 is 0 Å². The van der Waals surface area contributed by atoms with Crippen LogP contribution in [0.1, 0.15) is 5.56 Å². The van der Waals surface area contributed by atoms with Gasteiger partial charge >= 0.3 is 0 Å². The maximum absolute atomic E-state index is 12.8. The van der Waals surface area contributed by atoms with E-state index in [0.29, 0.717) is 12.3 Å². The molecule has 1 heterocycles. The highest BCUT2D eigenvalue weighted by Crippen LogP contribution is 2.13. The van der Waals surface area contributed by atoms with Crippen LogP contribution in [0.25, 0.3) is 10.9 Å². The Labute approximate surface area is 132 Å². The summed E-state index contributed by atoms with van der Waals surface area (Å²) < 4.78 is 18.1. The Morgan fingerprint density at radius 3 is 2.74 bits per heavy atom. The van der Waals surface area contributed by atoms with Crippen molar-refractivity contribution >= 4 is 16.8 Å². The van der Waals surface area contributed by atoms with Gasteiger partial charge in [-0.15, -0.1) is 0 Å². The van der Waals surface area contributed by atoms with Crippen LogP contribution in [-0.2, 0) is 11.3 Å². The number of hydrogen-bond donors (Lipinski definition) is 1. The normalized spacial score (nSPS) is 10.5. The van der Waals surface area contributed by atoms with Gasteiger partial charge in [-0.2, -0.15) is 0 Å². The van der Waals surface area contributed by atoms with Crippen LogP contribution in [0.4, 0.5) is 4.39 Å². The van der Waals surface area contributed by atoms with E-state index in [4.69, 9.17) is 4.74 Å². The number of nitrogens with one attached hydrogen (secondary N) is 1. The Morgan fingerprint density at radius 1 is 1.13 bits per heavy atom. The van der Waals surface area contributed by atoms with Crippen molar-refractivity contribution in [2.45, 2.75) is 6.54 Å². The number of pyridine rings is 1. The number of hydrogen-bond acceptors (Lipinski definition) is 3. The van der Waals surface area contributed by atoms with Crippen LogP contribution >= 0.6 is 0 Å². The molecule has 1 amide bonds. The van der Waals surface area contributed by atoms with E-state index in [0.717, 1.165) is 16.5 Å². The molecular formula is C18H15FN2O2. The van der Waals surface area contributed by atoms with Gasteiger partial charge in [0, 0.05) is 18.1 Å². The Kier molecular flexibility index (Phi) is 4.47. The molecule has 0 atom stereocenters. The molecule has 0 spiro atoms. The first-order valence-corrected chi connectivity index (χ1v) is 7.19. The number of rotatable bonds is 5. The zero-order valence-corrected chi connectivity index (χ0v) is 12.3. The average Bonchev–Trinajstić information content (AvgIpc) is 2.59. The largest absolute Gasteiger partial charge is 0.484 e. The average molecular weight is 310 g/mol. The molecule has 0 aliphatic heterocycles. The zero-order chi connectivity index (χ0) is 16.1. The number of amides is 1. The topological polar surface area (TPSA) is 51.2 Å². The van der Waals surface area contributed by atoms with E-state index in [1.807, 2.05) is 30.3 Å². The van der Waals surface area contributed by atoms with Crippen LogP contribution in [0.2, 0.25) is 0 Å². The summed E-state index contributed by atoms with van der Waals surface area (Å²) in [6, 6.07) is 15.3. The molecule has 3 aromatic rings. The van der Waals surface area contributed by atoms with E-state index in [1.165, 1.54) is 24.3 Å². The Bertz CT molecular complexity index is 819. The number of fused-ring (bicyclic) bond motifs is 1. The number of ether oxygens (including phenoxy) is 1. The van der Waals surface area contributed by atoms with E-state index in [1.54, 1.807) is 6.20 Å². The molecule has 116 valence electrons. The molecule has 1 N–H and O–H groups in total. The fraction of sp³-hybridized carbons (Fsp3) is 0.111. The molecule has 0 unspecified atom stereocenters. The van der Waals surface area contributed by atoms with E-state index in [2.05, 4.69) is 10.3 Å². The van der Waals surface area contributed by atoms with E-state index < -0.39 is 0 Å². The smallest absolute Gasteiger partial charge is 0.258 e. The van der Waals surface area contributed by atoms with Crippen LogP contribution in [-0.4, -0.2) is 17.5 Å². The van der Waals surface area contributed by atoms with Crippen molar-refractivity contribution in [1.82, 2.24) is 10.3 Å². The SMILES string of the molecule is O=C(COc1ccc(F)cc1)NCc1cnc2ccccc2c1. The van der Waals surface area contributed by atoms with Crippen molar-refractivity contribution in [3.05, 3.63) is 72.2 Å². The van der Waals surface area contributed by atoms with Gasteiger partial charge in [-0.1, -0.05) is 18.2 Å². The van der Waals surface area contributed by atoms with E-state index in [9.17, 15) is 9.18 Å². The van der Waals surface area contributed by atoms with Gasteiger partial charge < -0.3 is 10.1 Å². The summed E-state index contributed by atoms with van der Waals surface area (Å²) in [5.74, 6) is -0.137. The van der Waals surface area contributed by atoms with Crippen molar-refractivity contribution in [3.63, 3.8) is 0 Å². The fourth-order valence-corrected chi connectivity index (χ4v) is 2.14. The first-order chi connectivity index (χ1) is 11.2. The van der Waals surface area contributed by atoms with Crippen molar-refractivity contribution < 1.29 is 13.9 Å². The van der Waals surface area contributed by atoms with Gasteiger partial charge in [0.05, 0.1) is 5.52 Å². The standard InChI is InChI=1S/C18H15FN2O2/c19-15-5-7-16(8-6-15)23-12-18(22)21-11-13-9-14-3-1-2-4-17(14)20-10-13/h1-10H,11-12H2,(H,21,22). The Balaban J connectivity index is 1.52. The van der Waals surface area contributed by atoms with Gasteiger partial charge in [0.15, 0.2) is 6.61 Å². The monoisotopic (exact) mass is 310 g/mol. The molecule has 0 bridgehead atoms. The van der Waals surface area contributed by atoms with Crippen LogP contribution in [0.15, 0.2) is 60.8 Å². The lowest BCUT2D eigenvalue weighted by Crippen LogP contribution is -2.28. The second-order valence-electron chi connectivity index (χ2n) is 5.06. The molecule has 0 aliphatic rings. The summed E-state index contributed by atoms with van der Waals surface area (Å²) in [5, 5.41) is 3.80. The summed E-state index contributed by atoms with van der Waals surface area (Å²) in [7, 11) is 0. The third-order valence-electron chi connectivity index (χ3n) is 3.32. The lowest BCUT2D eigenvalue weighted by Gasteiger charge is -2.08. The molecule has 1 aromatic heterocycles. The van der Waals surface area contributed by atoms with Gasteiger partial charge in [0.2, 0.25) is 0 Å². The molecule has 0 aliphatic carbocycles. The van der Waals surface area contributed by atoms with Crippen LogP contribution < -0.4 is 10.1 Å². The lowest BCUT2D eigenvalue weighted by atomic mass is 10.1. The quantitative estimate of drug-likeness (QED) is 0.788. The summed E-state index contributed by atoms with van der Waals surface area (Å²) in [6.45, 7) is 0.260. The van der Waals surface area contributed by atoms with Crippen molar-refractivity contribution in [2.24, 2.45) is 0 Å². The minimum Gasteiger partial charge on any atom is -0.484 e. The summed E-state index contributed by atoms with van der Waals surface area (Å²) in [5.41, 5.74) is 1.83. The second kappa shape index (κ2) is 6.87. The van der Waals surface area contributed by atoms with Crippen LogP contribution in [0.5, 0.6) is 5.75 Å². The number of para-hydroxylation sites is 1. The number of aromatic nitrogens is 1. The minimum absolute atomic E-state index is 0.118. The summed E-state index contributed by atoms with van der Waals surface area (Å²) in [6.07, 6.45) is 1.74. The van der Waals surface area contributed by atoms with Gasteiger partial charge in [-0.25, -0.2) is 4.39 Å². The number of carbonyl (C=O) groups excluding carboxylic acids is 1. The maximum Gasteiger partial charge on any atom is 0.258 e. The number of nitrogens with zero attached hydrogens (tertiary/aromatic N) is 1. The van der Waals surface area contributed by atoms with Gasteiger partial charge in [0.25, 0.3) is 5.91 Å². The van der Waals surface area contributed by atoms with Crippen molar-refractivity contribution in [1.29, 1.82) is 0 Å². The highest BCUT2D eigenvalue weighted by atomic mass is 19.1.